The molecule has 0 aliphatic heterocycles. The van der Waals surface area contributed by atoms with Crippen molar-refractivity contribution in [3.63, 3.8) is 0 Å². The number of nitrogens with zero attached hydrogens (tertiary/aromatic N) is 2. The van der Waals surface area contributed by atoms with Crippen molar-refractivity contribution in [2.75, 3.05) is 0 Å². The van der Waals surface area contributed by atoms with Crippen LogP contribution in [0.25, 0.3) is 0 Å². The van der Waals surface area contributed by atoms with E-state index in [-0.39, 0.29) is 23.3 Å². The van der Waals surface area contributed by atoms with E-state index in [1.54, 1.807) is 0 Å². The lowest BCUT2D eigenvalue weighted by Crippen LogP contribution is -2.53. The molecule has 2 aliphatic rings. The highest BCUT2D eigenvalue weighted by molar-refractivity contribution is 5.66. The molecular weight excluding hydrogens is 334 g/mol. The number of hydrogen-bond donors (Lipinski definition) is 2. The minimum absolute atomic E-state index is 0.174. The van der Waals surface area contributed by atoms with E-state index >= 15 is 0 Å². The number of nitrogens with one attached hydrogen (secondary N) is 1. The molecule has 1 fully saturated rings. The van der Waals surface area contributed by atoms with Crippen LogP contribution < -0.4 is 11.2 Å². The van der Waals surface area contributed by atoms with Crippen molar-refractivity contribution in [2.45, 2.75) is 89.8 Å². The lowest BCUT2D eigenvalue weighted by atomic mass is 9.87. The van der Waals surface area contributed by atoms with Gasteiger partial charge in [-0.3, -0.25) is 9.36 Å². The number of H-pyrrole nitrogens is 1. The summed E-state index contributed by atoms with van der Waals surface area (Å²) in [6, 6.07) is -0.435. The zero-order valence-corrected chi connectivity index (χ0v) is 15.9. The number of aryl methyl sites for hydroxylation is 1. The van der Waals surface area contributed by atoms with Gasteiger partial charge in [0, 0.05) is 28.9 Å². The van der Waals surface area contributed by atoms with Crippen molar-refractivity contribution in [1.29, 1.82) is 0 Å². The fourth-order valence-electron chi connectivity index (χ4n) is 4.64. The van der Waals surface area contributed by atoms with E-state index in [0.29, 0.717) is 12.8 Å². The maximum atomic E-state index is 13.0. The van der Waals surface area contributed by atoms with Crippen LogP contribution in [-0.4, -0.2) is 37.2 Å². The van der Waals surface area contributed by atoms with Gasteiger partial charge in [0.05, 0.1) is 0 Å². The van der Waals surface area contributed by atoms with Gasteiger partial charge in [-0.1, -0.05) is 0 Å². The van der Waals surface area contributed by atoms with Gasteiger partial charge in [-0.05, 0) is 72.1 Å². The SMILES string of the molecule is CC(C)(C)N(C(=O)O)C1CCCC(n2c(=O)[nH]c3c(c2=O)CCCC3)C1. The molecule has 2 N–H and O–H groups in total. The van der Waals surface area contributed by atoms with Crippen LogP contribution in [-0.2, 0) is 12.8 Å². The van der Waals surface area contributed by atoms with Gasteiger partial charge in [0.1, 0.15) is 0 Å². The van der Waals surface area contributed by atoms with E-state index < -0.39 is 11.6 Å². The molecule has 3 rings (SSSR count). The van der Waals surface area contributed by atoms with Crippen LogP contribution >= 0.6 is 0 Å². The molecule has 26 heavy (non-hydrogen) atoms. The van der Waals surface area contributed by atoms with Crippen LogP contribution in [0.3, 0.4) is 0 Å². The molecule has 1 heterocycles. The van der Waals surface area contributed by atoms with Crippen molar-refractivity contribution >= 4 is 6.09 Å². The Morgan fingerprint density at radius 2 is 1.85 bits per heavy atom. The highest BCUT2D eigenvalue weighted by Crippen LogP contribution is 2.33. The smallest absolute Gasteiger partial charge is 0.407 e. The van der Waals surface area contributed by atoms with Crippen molar-refractivity contribution in [2.24, 2.45) is 0 Å². The third-order valence-corrected chi connectivity index (χ3v) is 5.70. The summed E-state index contributed by atoms with van der Waals surface area (Å²) in [6.45, 7) is 5.63. The van der Waals surface area contributed by atoms with Gasteiger partial charge < -0.3 is 15.0 Å². The average molecular weight is 363 g/mol. The molecule has 2 aliphatic carbocycles. The standard InChI is InChI=1S/C19H29N3O4/c1-19(2,3)22(18(25)26)13-8-6-7-12(11-13)21-16(23)14-9-4-5-10-15(14)20-17(21)24/h12-13H,4-11H2,1-3H3,(H,20,24)(H,25,26). The molecule has 144 valence electrons. The molecule has 7 nitrogen and oxygen atoms in total. The topological polar surface area (TPSA) is 95.4 Å². The van der Waals surface area contributed by atoms with E-state index in [4.69, 9.17) is 0 Å². The predicted octanol–water partition coefficient (Wildman–Crippen LogP) is 2.68. The second kappa shape index (κ2) is 6.93. The van der Waals surface area contributed by atoms with Crippen molar-refractivity contribution in [3.8, 4) is 0 Å². The number of rotatable bonds is 2. The lowest BCUT2D eigenvalue weighted by Gasteiger charge is -2.43. The summed E-state index contributed by atoms with van der Waals surface area (Å²) in [5.41, 5.74) is 0.484. The number of aromatic amines is 1. The van der Waals surface area contributed by atoms with E-state index in [1.165, 1.54) is 9.47 Å². The number of carbonyl (C=O) groups is 1. The Bertz CT molecular complexity index is 802. The Morgan fingerprint density at radius 3 is 2.50 bits per heavy atom. The minimum Gasteiger partial charge on any atom is -0.465 e. The first-order valence-corrected chi connectivity index (χ1v) is 9.59. The molecule has 1 saturated carbocycles. The predicted molar refractivity (Wildman–Crippen MR) is 98.9 cm³/mol. The van der Waals surface area contributed by atoms with Crippen LogP contribution in [0.2, 0.25) is 0 Å². The number of hydrogen-bond acceptors (Lipinski definition) is 3. The van der Waals surface area contributed by atoms with Gasteiger partial charge in [-0.15, -0.1) is 0 Å². The van der Waals surface area contributed by atoms with E-state index in [2.05, 4.69) is 4.98 Å². The zero-order valence-electron chi connectivity index (χ0n) is 15.9. The van der Waals surface area contributed by atoms with E-state index in [0.717, 1.165) is 49.8 Å². The molecule has 1 aromatic rings. The van der Waals surface area contributed by atoms with Crippen LogP contribution in [0.1, 0.15) is 76.6 Å². The molecule has 0 aromatic carbocycles. The van der Waals surface area contributed by atoms with Crippen molar-refractivity contribution in [3.05, 3.63) is 32.1 Å². The quantitative estimate of drug-likeness (QED) is 0.844. The van der Waals surface area contributed by atoms with Crippen LogP contribution in [0, 0.1) is 0 Å². The average Bonchev–Trinajstić information content (AvgIpc) is 2.53. The fourth-order valence-corrected chi connectivity index (χ4v) is 4.64. The molecular formula is C19H29N3O4. The van der Waals surface area contributed by atoms with Crippen LogP contribution in [0.5, 0.6) is 0 Å². The van der Waals surface area contributed by atoms with E-state index in [9.17, 15) is 19.5 Å². The summed E-state index contributed by atoms with van der Waals surface area (Å²) in [6.07, 6.45) is 5.29. The first kappa shape index (κ1) is 18.7. The number of fused-ring (bicyclic) bond motifs is 1. The van der Waals surface area contributed by atoms with Crippen LogP contribution in [0.4, 0.5) is 4.79 Å². The van der Waals surface area contributed by atoms with Gasteiger partial charge in [0.25, 0.3) is 5.56 Å². The zero-order chi connectivity index (χ0) is 19.1. The largest absolute Gasteiger partial charge is 0.465 e. The van der Waals surface area contributed by atoms with Crippen molar-refractivity contribution in [1.82, 2.24) is 14.5 Å². The number of amides is 1. The Kier molecular flexibility index (Phi) is 4.99. The second-order valence-corrected chi connectivity index (χ2v) is 8.57. The fraction of sp³-hybridized carbons (Fsp3) is 0.737. The summed E-state index contributed by atoms with van der Waals surface area (Å²) >= 11 is 0. The third kappa shape index (κ3) is 3.44. The molecule has 7 heteroatoms. The normalized spacial score (nSPS) is 23.3. The first-order chi connectivity index (χ1) is 12.2. The Morgan fingerprint density at radius 1 is 1.15 bits per heavy atom. The summed E-state index contributed by atoms with van der Waals surface area (Å²) in [5.74, 6) is 0. The third-order valence-electron chi connectivity index (χ3n) is 5.70. The highest BCUT2D eigenvalue weighted by Gasteiger charge is 2.37. The maximum Gasteiger partial charge on any atom is 0.407 e. The first-order valence-electron chi connectivity index (χ1n) is 9.59. The molecule has 1 aromatic heterocycles. The Labute approximate surface area is 153 Å². The maximum absolute atomic E-state index is 13.0. The molecule has 0 saturated heterocycles. The number of aromatic nitrogens is 2. The van der Waals surface area contributed by atoms with Crippen LogP contribution in [0.15, 0.2) is 9.59 Å². The molecule has 2 atom stereocenters. The summed E-state index contributed by atoms with van der Waals surface area (Å²) in [4.78, 5) is 41.7. The van der Waals surface area contributed by atoms with Gasteiger partial charge in [0.15, 0.2) is 0 Å². The van der Waals surface area contributed by atoms with Gasteiger partial charge in [0.2, 0.25) is 0 Å². The minimum atomic E-state index is -0.949. The van der Waals surface area contributed by atoms with E-state index in [1.807, 2.05) is 20.8 Å². The van der Waals surface area contributed by atoms with Crippen molar-refractivity contribution < 1.29 is 9.90 Å². The Hall–Kier alpha value is -2.05. The lowest BCUT2D eigenvalue weighted by molar-refractivity contribution is 0.0478. The Balaban J connectivity index is 1.95. The highest BCUT2D eigenvalue weighted by atomic mass is 16.4. The summed E-state index contributed by atoms with van der Waals surface area (Å²) in [7, 11) is 0. The van der Waals surface area contributed by atoms with Gasteiger partial charge in [-0.25, -0.2) is 9.59 Å². The number of carboxylic acid groups (broad SMARTS) is 1. The summed E-state index contributed by atoms with van der Waals surface area (Å²) < 4.78 is 1.36. The molecule has 0 radical (unpaired) electrons. The second-order valence-electron chi connectivity index (χ2n) is 8.57. The monoisotopic (exact) mass is 363 g/mol. The molecule has 0 bridgehead atoms. The van der Waals surface area contributed by atoms with Gasteiger partial charge >= 0.3 is 11.8 Å². The van der Waals surface area contributed by atoms with Gasteiger partial charge in [-0.2, -0.15) is 0 Å². The summed E-state index contributed by atoms with van der Waals surface area (Å²) in [5, 5.41) is 9.67. The molecule has 2 unspecified atom stereocenters. The molecule has 1 amide bonds. The molecule has 0 spiro atoms.